The van der Waals surface area contributed by atoms with Crippen molar-refractivity contribution in [3.05, 3.63) is 45.8 Å². The fraction of sp³-hybridized carbons (Fsp3) is 0.294. The molecule has 0 atom stereocenters. The van der Waals surface area contributed by atoms with Gasteiger partial charge in [0, 0.05) is 10.3 Å². The topological polar surface area (TPSA) is 97.1 Å². The highest BCUT2D eigenvalue weighted by Crippen LogP contribution is 2.29. The largest absolute Gasteiger partial charge is 0.459 e. The summed E-state index contributed by atoms with van der Waals surface area (Å²) < 4.78 is 5.03. The Kier molecular flexibility index (Phi) is 4.81. The third-order valence-electron chi connectivity index (χ3n) is 3.95. The van der Waals surface area contributed by atoms with Crippen LogP contribution in [-0.4, -0.2) is 21.8 Å². The molecule has 26 heavy (non-hydrogen) atoms. The van der Waals surface area contributed by atoms with Gasteiger partial charge in [-0.25, -0.2) is 9.97 Å². The van der Waals surface area contributed by atoms with E-state index in [-0.39, 0.29) is 24.0 Å². The second-order valence-electron chi connectivity index (χ2n) is 5.90. The van der Waals surface area contributed by atoms with E-state index in [0.717, 1.165) is 25.0 Å². The minimum absolute atomic E-state index is 0.136. The van der Waals surface area contributed by atoms with Crippen LogP contribution in [0.15, 0.2) is 28.2 Å². The van der Waals surface area contributed by atoms with Gasteiger partial charge in [0.1, 0.15) is 0 Å². The van der Waals surface area contributed by atoms with Gasteiger partial charge < -0.3 is 9.73 Å². The van der Waals surface area contributed by atoms with E-state index in [1.54, 1.807) is 28.8 Å². The standard InChI is InChI=1S/C17H16N4O3S2/c22-14(20-17-19-11-4-1-2-6-13(11)26-17)8-10-9-25-16(18-10)21-15(23)12-5-3-7-24-12/h3,5,7,9H,1-2,4,6,8H2,(H,18,21,23)(H,19,20,22). The van der Waals surface area contributed by atoms with Crippen LogP contribution in [-0.2, 0) is 24.1 Å². The molecule has 1 aliphatic carbocycles. The summed E-state index contributed by atoms with van der Waals surface area (Å²) in [5.41, 5.74) is 1.72. The van der Waals surface area contributed by atoms with Crippen molar-refractivity contribution in [3.8, 4) is 0 Å². The van der Waals surface area contributed by atoms with E-state index in [2.05, 4.69) is 20.6 Å². The normalized spacial score (nSPS) is 13.2. The van der Waals surface area contributed by atoms with Crippen molar-refractivity contribution < 1.29 is 14.0 Å². The summed E-state index contributed by atoms with van der Waals surface area (Å²) in [7, 11) is 0. The van der Waals surface area contributed by atoms with Gasteiger partial charge in [0.2, 0.25) is 5.91 Å². The van der Waals surface area contributed by atoms with Gasteiger partial charge in [-0.05, 0) is 37.8 Å². The minimum atomic E-state index is -0.367. The molecular weight excluding hydrogens is 372 g/mol. The van der Waals surface area contributed by atoms with Crippen LogP contribution in [0.5, 0.6) is 0 Å². The number of anilines is 2. The molecule has 3 aromatic heterocycles. The summed E-state index contributed by atoms with van der Waals surface area (Å²) in [5.74, 6) is -0.314. The third kappa shape index (κ3) is 3.83. The maximum absolute atomic E-state index is 12.2. The molecule has 0 unspecified atom stereocenters. The van der Waals surface area contributed by atoms with Crippen LogP contribution < -0.4 is 10.6 Å². The van der Waals surface area contributed by atoms with E-state index < -0.39 is 0 Å². The van der Waals surface area contributed by atoms with E-state index in [4.69, 9.17) is 4.42 Å². The number of nitrogens with zero attached hydrogens (tertiary/aromatic N) is 2. The SMILES string of the molecule is O=C(Cc1csc(NC(=O)c2ccco2)n1)Nc1nc2c(s1)CCCC2. The first-order valence-electron chi connectivity index (χ1n) is 8.25. The second kappa shape index (κ2) is 7.38. The first-order chi connectivity index (χ1) is 12.7. The van der Waals surface area contributed by atoms with E-state index in [9.17, 15) is 9.59 Å². The summed E-state index contributed by atoms with van der Waals surface area (Å²) in [6, 6.07) is 3.22. The number of hydrogen-bond acceptors (Lipinski definition) is 7. The predicted octanol–water partition coefficient (Wildman–Crippen LogP) is 3.50. The molecular formula is C17H16N4O3S2. The van der Waals surface area contributed by atoms with E-state index >= 15 is 0 Å². The van der Waals surface area contributed by atoms with Gasteiger partial charge in [-0.15, -0.1) is 22.7 Å². The summed E-state index contributed by atoms with van der Waals surface area (Å²) in [6.07, 6.45) is 5.96. The number of rotatable bonds is 5. The maximum Gasteiger partial charge on any atom is 0.293 e. The Bertz CT molecular complexity index is 906. The first-order valence-corrected chi connectivity index (χ1v) is 9.94. The number of carbonyl (C=O) groups is 2. The number of aromatic nitrogens is 2. The van der Waals surface area contributed by atoms with Crippen LogP contribution in [0.1, 0.15) is 39.7 Å². The van der Waals surface area contributed by atoms with E-state index in [0.29, 0.717) is 16.0 Å². The van der Waals surface area contributed by atoms with Crippen molar-refractivity contribution in [2.45, 2.75) is 32.1 Å². The summed E-state index contributed by atoms with van der Waals surface area (Å²) in [6.45, 7) is 0. The zero-order chi connectivity index (χ0) is 17.9. The van der Waals surface area contributed by atoms with Crippen LogP contribution in [0.2, 0.25) is 0 Å². The van der Waals surface area contributed by atoms with Crippen molar-refractivity contribution in [1.82, 2.24) is 9.97 Å². The van der Waals surface area contributed by atoms with Gasteiger partial charge in [0.05, 0.1) is 24.1 Å². The molecule has 4 rings (SSSR count). The molecule has 0 bridgehead atoms. The zero-order valence-corrected chi connectivity index (χ0v) is 15.4. The van der Waals surface area contributed by atoms with Gasteiger partial charge in [-0.2, -0.15) is 0 Å². The Labute approximate surface area is 157 Å². The molecule has 0 saturated carbocycles. The van der Waals surface area contributed by atoms with Crippen molar-refractivity contribution in [3.63, 3.8) is 0 Å². The molecule has 134 valence electrons. The molecule has 0 aromatic carbocycles. The number of carbonyl (C=O) groups excluding carboxylic acids is 2. The number of thiazole rings is 2. The van der Waals surface area contributed by atoms with Gasteiger partial charge >= 0.3 is 0 Å². The quantitative estimate of drug-likeness (QED) is 0.697. The zero-order valence-electron chi connectivity index (χ0n) is 13.8. The molecule has 9 heteroatoms. The molecule has 2 N–H and O–H groups in total. The molecule has 1 aliphatic rings. The summed E-state index contributed by atoms with van der Waals surface area (Å²) in [5, 5.41) is 8.34. The van der Waals surface area contributed by atoms with Crippen LogP contribution in [0.25, 0.3) is 0 Å². The average molecular weight is 388 g/mol. The molecule has 2 amide bonds. The highest BCUT2D eigenvalue weighted by Gasteiger charge is 2.17. The van der Waals surface area contributed by atoms with Gasteiger partial charge in [0.25, 0.3) is 5.91 Å². The molecule has 0 aliphatic heterocycles. The summed E-state index contributed by atoms with van der Waals surface area (Å²) >= 11 is 2.83. The van der Waals surface area contributed by atoms with Gasteiger partial charge in [-0.3, -0.25) is 14.9 Å². The van der Waals surface area contributed by atoms with Crippen LogP contribution in [0, 0.1) is 0 Å². The predicted molar refractivity (Wildman–Crippen MR) is 99.9 cm³/mol. The van der Waals surface area contributed by atoms with Crippen LogP contribution in [0.4, 0.5) is 10.3 Å². The molecule has 0 spiro atoms. The molecule has 3 aromatic rings. The van der Waals surface area contributed by atoms with Gasteiger partial charge in [-0.1, -0.05) is 0 Å². The Morgan fingerprint density at radius 1 is 1.15 bits per heavy atom. The highest BCUT2D eigenvalue weighted by molar-refractivity contribution is 7.16. The molecule has 0 fully saturated rings. The van der Waals surface area contributed by atoms with E-state index in [1.807, 2.05) is 0 Å². The van der Waals surface area contributed by atoms with Gasteiger partial charge in [0.15, 0.2) is 16.0 Å². The Balaban J connectivity index is 1.34. The molecule has 3 heterocycles. The third-order valence-corrected chi connectivity index (χ3v) is 5.83. The number of aryl methyl sites for hydroxylation is 2. The fourth-order valence-corrected chi connectivity index (χ4v) is 4.52. The lowest BCUT2D eigenvalue weighted by molar-refractivity contribution is -0.115. The average Bonchev–Trinajstić information content (AvgIpc) is 3.34. The van der Waals surface area contributed by atoms with Crippen molar-refractivity contribution in [2.75, 3.05) is 10.6 Å². The number of furan rings is 1. The summed E-state index contributed by atoms with van der Waals surface area (Å²) in [4.78, 5) is 34.2. The Morgan fingerprint density at radius 3 is 2.85 bits per heavy atom. The number of hydrogen-bond donors (Lipinski definition) is 2. The Morgan fingerprint density at radius 2 is 2.04 bits per heavy atom. The fourth-order valence-electron chi connectivity index (χ4n) is 2.75. The van der Waals surface area contributed by atoms with E-state index in [1.165, 1.54) is 28.9 Å². The lowest BCUT2D eigenvalue weighted by Gasteiger charge is -2.06. The van der Waals surface area contributed by atoms with Crippen LogP contribution >= 0.6 is 22.7 Å². The van der Waals surface area contributed by atoms with Crippen molar-refractivity contribution in [1.29, 1.82) is 0 Å². The second-order valence-corrected chi connectivity index (χ2v) is 7.84. The first kappa shape index (κ1) is 16.9. The van der Waals surface area contributed by atoms with Crippen molar-refractivity contribution >= 4 is 44.8 Å². The monoisotopic (exact) mass is 388 g/mol. The lowest BCUT2D eigenvalue weighted by atomic mass is 10.0. The smallest absolute Gasteiger partial charge is 0.293 e. The van der Waals surface area contributed by atoms with Crippen molar-refractivity contribution in [2.24, 2.45) is 0 Å². The molecule has 0 radical (unpaired) electrons. The highest BCUT2D eigenvalue weighted by atomic mass is 32.1. The Hall–Kier alpha value is -2.52. The molecule has 0 saturated heterocycles. The number of fused-ring (bicyclic) bond motifs is 1. The number of amides is 2. The number of nitrogens with one attached hydrogen (secondary N) is 2. The van der Waals surface area contributed by atoms with Crippen LogP contribution in [0.3, 0.4) is 0 Å². The maximum atomic E-state index is 12.2. The minimum Gasteiger partial charge on any atom is -0.459 e. The molecule has 7 nitrogen and oxygen atoms in total. The lowest BCUT2D eigenvalue weighted by Crippen LogP contribution is -2.15.